The van der Waals surface area contributed by atoms with Crippen molar-refractivity contribution in [3.8, 4) is 0 Å². The second-order valence-corrected chi connectivity index (χ2v) is 23.2. The van der Waals surface area contributed by atoms with E-state index in [1.807, 2.05) is 11.8 Å². The number of rotatable bonds is 9. The zero-order valence-corrected chi connectivity index (χ0v) is 25.3. The van der Waals surface area contributed by atoms with Gasteiger partial charge in [0.1, 0.15) is 17.8 Å². The molecule has 1 aliphatic rings. The zero-order valence-electron chi connectivity index (χ0n) is 22.5. The van der Waals surface area contributed by atoms with Crippen LogP contribution < -0.4 is 0 Å². The SMILES string of the molecule is CCS[C@@H]1O[C@H](C[C@H](C=O)O[Si](C)(C)C(C)(C)C)[C@@H](C)[C@@H](O[Si](C)(C)C(C)(C)C)[C@@H]1C. The van der Waals surface area contributed by atoms with Crippen LogP contribution in [0.4, 0.5) is 0 Å². The Balaban J connectivity index is 3.12. The fourth-order valence-corrected chi connectivity index (χ4v) is 7.27. The Morgan fingerprint density at radius 1 is 0.968 bits per heavy atom. The van der Waals surface area contributed by atoms with Gasteiger partial charge in [-0.1, -0.05) is 62.3 Å². The molecule has 0 aromatic rings. The van der Waals surface area contributed by atoms with Crippen molar-refractivity contribution in [2.45, 2.75) is 129 Å². The number of carbonyl (C=O) groups excluding carboxylic acids is 1. The fourth-order valence-electron chi connectivity index (χ4n) is 3.54. The third kappa shape index (κ3) is 7.41. The molecule has 0 amide bonds. The van der Waals surface area contributed by atoms with Gasteiger partial charge in [-0.3, -0.25) is 0 Å². The van der Waals surface area contributed by atoms with Crippen LogP contribution >= 0.6 is 11.8 Å². The lowest BCUT2D eigenvalue weighted by molar-refractivity contribution is -0.140. The summed E-state index contributed by atoms with van der Waals surface area (Å²) in [6.45, 7) is 29.2. The standard InChI is InChI=1S/C24H50O4SSi2/c1-14-29-22-18(3)21(28-31(12,13)24(7,8)9)17(2)20(26-22)15-19(16-25)27-30(10,11)23(4,5)6/h16-22H,14-15H2,1-13H3/t17-,18+,19-,20-,21-,22+/m1/s1. The van der Waals surface area contributed by atoms with Gasteiger partial charge in [-0.15, -0.1) is 11.8 Å². The maximum atomic E-state index is 12.0. The molecule has 4 nitrogen and oxygen atoms in total. The van der Waals surface area contributed by atoms with Crippen LogP contribution in [0.1, 0.15) is 68.7 Å². The van der Waals surface area contributed by atoms with Crippen LogP contribution in [0.25, 0.3) is 0 Å². The van der Waals surface area contributed by atoms with E-state index < -0.39 is 22.7 Å². The first kappa shape index (κ1) is 29.4. The minimum Gasteiger partial charge on any atom is -0.413 e. The van der Waals surface area contributed by atoms with Crippen molar-refractivity contribution in [2.24, 2.45) is 11.8 Å². The third-order valence-electron chi connectivity index (χ3n) is 7.80. The number of hydrogen-bond donors (Lipinski definition) is 0. The van der Waals surface area contributed by atoms with Gasteiger partial charge in [0.05, 0.1) is 12.2 Å². The predicted molar refractivity (Wildman–Crippen MR) is 140 cm³/mol. The summed E-state index contributed by atoms with van der Waals surface area (Å²) in [7, 11) is -3.97. The van der Waals surface area contributed by atoms with E-state index in [0.717, 1.165) is 12.0 Å². The Morgan fingerprint density at radius 3 is 1.90 bits per heavy atom. The number of carbonyl (C=O) groups is 1. The van der Waals surface area contributed by atoms with Gasteiger partial charge in [0, 0.05) is 18.3 Å². The average molecular weight is 491 g/mol. The van der Waals surface area contributed by atoms with Crippen LogP contribution in [0.3, 0.4) is 0 Å². The Bertz CT molecular complexity index is 583. The van der Waals surface area contributed by atoms with E-state index in [0.29, 0.717) is 12.3 Å². The monoisotopic (exact) mass is 490 g/mol. The van der Waals surface area contributed by atoms with Crippen LogP contribution in [0.15, 0.2) is 0 Å². The van der Waals surface area contributed by atoms with Gasteiger partial charge in [-0.2, -0.15) is 0 Å². The van der Waals surface area contributed by atoms with E-state index in [2.05, 4.69) is 88.5 Å². The molecule has 1 aliphatic heterocycles. The predicted octanol–water partition coefficient (Wildman–Crippen LogP) is 7.11. The zero-order chi connectivity index (χ0) is 24.4. The Morgan fingerprint density at radius 2 is 1.48 bits per heavy atom. The van der Waals surface area contributed by atoms with E-state index in [-0.39, 0.29) is 33.6 Å². The van der Waals surface area contributed by atoms with Crippen molar-refractivity contribution in [3.05, 3.63) is 0 Å². The van der Waals surface area contributed by atoms with Crippen molar-refractivity contribution in [2.75, 3.05) is 5.75 Å². The molecule has 0 radical (unpaired) electrons. The van der Waals surface area contributed by atoms with Gasteiger partial charge in [-0.05, 0) is 42.0 Å². The van der Waals surface area contributed by atoms with Crippen LogP contribution in [-0.4, -0.2) is 52.4 Å². The minimum atomic E-state index is -2.04. The summed E-state index contributed by atoms with van der Waals surface area (Å²) < 4.78 is 20.0. The van der Waals surface area contributed by atoms with Crippen LogP contribution in [0.5, 0.6) is 0 Å². The number of thioether (sulfide) groups is 1. The highest BCUT2D eigenvalue weighted by Crippen LogP contribution is 2.45. The number of ether oxygens (including phenoxy) is 1. The maximum absolute atomic E-state index is 12.0. The van der Waals surface area contributed by atoms with Crippen LogP contribution in [-0.2, 0) is 18.4 Å². The minimum absolute atomic E-state index is 0.0463. The molecule has 0 bridgehead atoms. The molecule has 184 valence electrons. The maximum Gasteiger partial charge on any atom is 0.193 e. The lowest BCUT2D eigenvalue weighted by Gasteiger charge is -2.50. The molecule has 1 fully saturated rings. The first-order chi connectivity index (χ1) is 13.9. The molecule has 0 N–H and O–H groups in total. The van der Waals surface area contributed by atoms with Crippen molar-refractivity contribution in [3.63, 3.8) is 0 Å². The topological polar surface area (TPSA) is 44.8 Å². The Labute approximate surface area is 199 Å². The summed E-state index contributed by atoms with van der Waals surface area (Å²) >= 11 is 1.85. The molecular formula is C24H50O4SSi2. The van der Waals surface area contributed by atoms with Gasteiger partial charge in [-0.25, -0.2) is 0 Å². The second-order valence-electron chi connectivity index (χ2n) is 12.3. The molecule has 0 spiro atoms. The van der Waals surface area contributed by atoms with E-state index in [9.17, 15) is 4.79 Å². The van der Waals surface area contributed by atoms with Gasteiger partial charge >= 0.3 is 0 Å². The molecule has 0 saturated carbocycles. The van der Waals surface area contributed by atoms with E-state index in [1.165, 1.54) is 0 Å². The van der Waals surface area contributed by atoms with Crippen LogP contribution in [0.2, 0.25) is 36.3 Å². The lowest BCUT2D eigenvalue weighted by Crippen LogP contribution is -2.55. The lowest BCUT2D eigenvalue weighted by atomic mass is 9.84. The molecule has 1 rings (SSSR count). The quantitative estimate of drug-likeness (QED) is 0.254. The first-order valence-electron chi connectivity index (χ1n) is 12.0. The third-order valence-corrected chi connectivity index (χ3v) is 18.0. The van der Waals surface area contributed by atoms with E-state index >= 15 is 0 Å². The largest absolute Gasteiger partial charge is 0.413 e. The summed E-state index contributed by atoms with van der Waals surface area (Å²) in [6, 6.07) is 0. The van der Waals surface area contributed by atoms with Crippen molar-refractivity contribution in [1.82, 2.24) is 0 Å². The summed E-state index contributed by atoms with van der Waals surface area (Å²) in [4.78, 5) is 12.0. The highest BCUT2D eigenvalue weighted by atomic mass is 32.2. The van der Waals surface area contributed by atoms with Gasteiger partial charge in [0.15, 0.2) is 16.6 Å². The molecular weight excluding hydrogens is 440 g/mol. The Kier molecular flexibility index (Phi) is 10.2. The Hall–Kier alpha value is 0.334. The van der Waals surface area contributed by atoms with Crippen molar-refractivity contribution < 1.29 is 18.4 Å². The fraction of sp³-hybridized carbons (Fsp3) is 0.958. The normalized spacial score (nSPS) is 29.6. The molecule has 0 aromatic heterocycles. The second kappa shape index (κ2) is 10.7. The van der Waals surface area contributed by atoms with Crippen LogP contribution in [0, 0.1) is 11.8 Å². The highest BCUT2D eigenvalue weighted by molar-refractivity contribution is 7.99. The first-order valence-corrected chi connectivity index (χ1v) is 18.8. The molecule has 31 heavy (non-hydrogen) atoms. The van der Waals surface area contributed by atoms with Gasteiger partial charge in [0.25, 0.3) is 0 Å². The summed E-state index contributed by atoms with van der Waals surface area (Å²) in [5.74, 6) is 1.52. The number of aldehydes is 1. The molecule has 0 unspecified atom stereocenters. The molecule has 6 atom stereocenters. The molecule has 1 saturated heterocycles. The average Bonchev–Trinajstić information content (AvgIpc) is 2.60. The van der Waals surface area contributed by atoms with Crippen molar-refractivity contribution >= 4 is 34.7 Å². The molecule has 0 aliphatic carbocycles. The van der Waals surface area contributed by atoms with Gasteiger partial charge < -0.3 is 18.4 Å². The van der Waals surface area contributed by atoms with Crippen molar-refractivity contribution in [1.29, 1.82) is 0 Å². The smallest absolute Gasteiger partial charge is 0.193 e. The highest BCUT2D eigenvalue weighted by Gasteiger charge is 2.48. The molecule has 7 heteroatoms. The number of hydrogen-bond acceptors (Lipinski definition) is 5. The molecule has 1 heterocycles. The summed E-state index contributed by atoms with van der Waals surface area (Å²) in [6.07, 6.45) is 1.24. The summed E-state index contributed by atoms with van der Waals surface area (Å²) in [5, 5.41) is 0.223. The van der Waals surface area contributed by atoms with E-state index in [1.54, 1.807) is 0 Å². The summed E-state index contributed by atoms with van der Waals surface area (Å²) in [5.41, 5.74) is 0.0844. The van der Waals surface area contributed by atoms with Gasteiger partial charge in [0.2, 0.25) is 0 Å². The molecule has 0 aromatic carbocycles. The van der Waals surface area contributed by atoms with E-state index in [4.69, 9.17) is 13.6 Å².